The molecular formula is C12H27NO3Si. The van der Waals surface area contributed by atoms with Crippen molar-refractivity contribution in [1.82, 2.24) is 5.06 Å². The normalized spacial score (nSPS) is 13.5. The molecule has 0 aromatic carbocycles. The summed E-state index contributed by atoms with van der Waals surface area (Å²) in [5.41, 5.74) is 0. The second-order valence-electron chi connectivity index (χ2n) is 4.45. The molecule has 1 amide bonds. The van der Waals surface area contributed by atoms with E-state index in [1.54, 1.807) is 7.05 Å². The molecule has 0 radical (unpaired) electrons. The van der Waals surface area contributed by atoms with E-state index < -0.39 is 8.32 Å². The molecule has 5 heteroatoms. The van der Waals surface area contributed by atoms with Crippen molar-refractivity contribution >= 4 is 14.2 Å². The molecule has 1 atom stereocenters. The zero-order valence-electron chi connectivity index (χ0n) is 12.1. The molecule has 0 N–H and O–H groups in total. The van der Waals surface area contributed by atoms with Crippen LogP contribution in [0.25, 0.3) is 0 Å². The van der Waals surface area contributed by atoms with Crippen molar-refractivity contribution in [3.05, 3.63) is 0 Å². The van der Waals surface area contributed by atoms with E-state index in [1.807, 2.05) is 6.92 Å². The number of hydroxylamine groups is 2. The molecule has 0 fully saturated rings. The summed E-state index contributed by atoms with van der Waals surface area (Å²) in [4.78, 5) is 16.5. The highest BCUT2D eigenvalue weighted by Crippen LogP contribution is 2.24. The number of hydrogen-bond donors (Lipinski definition) is 0. The second-order valence-corrected chi connectivity index (χ2v) is 9.17. The maximum atomic E-state index is 11.7. The van der Waals surface area contributed by atoms with Gasteiger partial charge >= 0.3 is 0 Å². The molecule has 102 valence electrons. The molecule has 0 aromatic heterocycles. The Kier molecular flexibility index (Phi) is 7.66. The van der Waals surface area contributed by atoms with Gasteiger partial charge in [-0.3, -0.25) is 9.63 Å². The smallest absolute Gasteiger partial charge is 0.248 e. The molecule has 4 nitrogen and oxygen atoms in total. The van der Waals surface area contributed by atoms with Crippen molar-refractivity contribution in [2.24, 2.45) is 0 Å². The summed E-state index contributed by atoms with van der Waals surface area (Å²) < 4.78 is 6.19. The van der Waals surface area contributed by atoms with Gasteiger partial charge in [0.1, 0.15) is 0 Å². The van der Waals surface area contributed by atoms with Gasteiger partial charge in [0.2, 0.25) is 5.91 Å². The molecule has 0 aliphatic heterocycles. The minimum Gasteiger partial charge on any atom is -0.414 e. The first kappa shape index (κ1) is 16.6. The number of nitrogens with zero attached hydrogens (tertiary/aromatic N) is 1. The van der Waals surface area contributed by atoms with Gasteiger partial charge in [0.05, 0.1) is 19.6 Å². The van der Waals surface area contributed by atoms with Gasteiger partial charge in [-0.1, -0.05) is 20.8 Å². The Labute approximate surface area is 106 Å². The average molecular weight is 261 g/mol. The fraction of sp³-hybridized carbons (Fsp3) is 0.917. The Hall–Kier alpha value is -0.393. The Morgan fingerprint density at radius 3 is 2.06 bits per heavy atom. The molecule has 0 aliphatic rings. The van der Waals surface area contributed by atoms with Gasteiger partial charge in [-0.15, -0.1) is 0 Å². The van der Waals surface area contributed by atoms with Crippen molar-refractivity contribution in [2.45, 2.75) is 58.4 Å². The lowest BCUT2D eigenvalue weighted by atomic mass is 10.3. The number of hydrogen-bond acceptors (Lipinski definition) is 3. The lowest BCUT2D eigenvalue weighted by Gasteiger charge is -2.32. The molecule has 0 aromatic rings. The Morgan fingerprint density at radius 1 is 1.24 bits per heavy atom. The first-order chi connectivity index (χ1) is 7.94. The van der Waals surface area contributed by atoms with Crippen LogP contribution in [0.3, 0.4) is 0 Å². The molecule has 0 unspecified atom stereocenters. The van der Waals surface area contributed by atoms with E-state index in [1.165, 1.54) is 12.2 Å². The number of rotatable bonds is 8. The van der Waals surface area contributed by atoms with Crippen LogP contribution in [0.15, 0.2) is 0 Å². The summed E-state index contributed by atoms with van der Waals surface area (Å²) in [5, 5.41) is 1.26. The third kappa shape index (κ3) is 5.19. The van der Waals surface area contributed by atoms with Crippen LogP contribution in [0, 0.1) is 0 Å². The van der Waals surface area contributed by atoms with E-state index >= 15 is 0 Å². The quantitative estimate of drug-likeness (QED) is 0.498. The van der Waals surface area contributed by atoms with Crippen LogP contribution in [0.2, 0.25) is 18.1 Å². The highest BCUT2D eigenvalue weighted by atomic mass is 28.4. The lowest BCUT2D eigenvalue weighted by molar-refractivity contribution is -0.170. The highest BCUT2D eigenvalue weighted by molar-refractivity contribution is 6.73. The minimum absolute atomic E-state index is 0.0217. The first-order valence-corrected chi connectivity index (χ1v) is 8.96. The van der Waals surface area contributed by atoms with Gasteiger partial charge in [-0.05, 0) is 25.1 Å². The average Bonchev–Trinajstić information content (AvgIpc) is 2.34. The van der Waals surface area contributed by atoms with E-state index in [0.717, 1.165) is 18.1 Å². The molecule has 0 saturated carbocycles. The van der Waals surface area contributed by atoms with Gasteiger partial charge in [-0.25, -0.2) is 5.06 Å². The summed E-state index contributed by atoms with van der Waals surface area (Å²) in [5.74, 6) is -0.0359. The van der Waals surface area contributed by atoms with E-state index in [9.17, 15) is 4.79 Å². The van der Waals surface area contributed by atoms with Gasteiger partial charge < -0.3 is 4.43 Å². The van der Waals surface area contributed by atoms with Crippen molar-refractivity contribution in [3.8, 4) is 0 Å². The first-order valence-electron chi connectivity index (χ1n) is 6.43. The zero-order chi connectivity index (χ0) is 13.5. The molecular weight excluding hydrogens is 234 g/mol. The summed E-state index contributed by atoms with van der Waals surface area (Å²) in [7, 11) is 1.51. The number of amides is 1. The van der Waals surface area contributed by atoms with Crippen molar-refractivity contribution < 1.29 is 14.1 Å². The van der Waals surface area contributed by atoms with Crippen molar-refractivity contribution in [2.75, 3.05) is 14.2 Å². The van der Waals surface area contributed by atoms with Crippen LogP contribution >= 0.6 is 0 Å². The van der Waals surface area contributed by atoms with Crippen LogP contribution in [-0.2, 0) is 14.1 Å². The Morgan fingerprint density at radius 2 is 1.71 bits per heavy atom. The van der Waals surface area contributed by atoms with Crippen molar-refractivity contribution in [1.29, 1.82) is 0 Å². The molecule has 0 saturated heterocycles. The van der Waals surface area contributed by atoms with E-state index in [0.29, 0.717) is 6.42 Å². The Bertz CT molecular complexity index is 224. The largest absolute Gasteiger partial charge is 0.414 e. The summed E-state index contributed by atoms with van der Waals surface area (Å²) in [6.07, 6.45) is 0.366. The molecule has 0 rings (SSSR count). The fourth-order valence-corrected chi connectivity index (χ4v) is 4.88. The summed E-state index contributed by atoms with van der Waals surface area (Å²) in [6, 6.07) is 3.33. The van der Waals surface area contributed by atoms with E-state index in [-0.39, 0.29) is 12.0 Å². The summed E-state index contributed by atoms with van der Waals surface area (Å²) >= 11 is 0. The van der Waals surface area contributed by atoms with E-state index in [2.05, 4.69) is 20.8 Å². The predicted octanol–water partition coefficient (Wildman–Crippen LogP) is 2.81. The molecule has 0 heterocycles. The third-order valence-corrected chi connectivity index (χ3v) is 8.24. The number of carbonyl (C=O) groups is 1. The standard InChI is InChI=1S/C12H27NO3Si/c1-7-17(8-2,9-3)16-11(4)10-12(14)13(5)15-6/h11H,7-10H2,1-6H3/t11-/m0/s1. The van der Waals surface area contributed by atoms with Crippen LogP contribution in [0.4, 0.5) is 0 Å². The SMILES string of the molecule is CC[Si](CC)(CC)O[C@@H](C)CC(=O)N(C)OC. The van der Waals surface area contributed by atoms with Crippen LogP contribution in [0.1, 0.15) is 34.1 Å². The highest BCUT2D eigenvalue weighted by Gasteiger charge is 2.31. The van der Waals surface area contributed by atoms with Crippen molar-refractivity contribution in [3.63, 3.8) is 0 Å². The van der Waals surface area contributed by atoms with Gasteiger partial charge in [0, 0.05) is 7.05 Å². The molecule has 0 aliphatic carbocycles. The van der Waals surface area contributed by atoms with Crippen LogP contribution in [0.5, 0.6) is 0 Å². The minimum atomic E-state index is -1.60. The van der Waals surface area contributed by atoms with Gasteiger partial charge in [-0.2, -0.15) is 0 Å². The maximum Gasteiger partial charge on any atom is 0.248 e. The predicted molar refractivity (Wildman–Crippen MR) is 72.1 cm³/mol. The third-order valence-electron chi connectivity index (χ3n) is 3.47. The van der Waals surface area contributed by atoms with E-state index in [4.69, 9.17) is 9.26 Å². The monoisotopic (exact) mass is 261 g/mol. The second kappa shape index (κ2) is 7.84. The number of carbonyl (C=O) groups excluding carboxylic acids is 1. The molecule has 0 bridgehead atoms. The van der Waals surface area contributed by atoms with Crippen LogP contribution < -0.4 is 0 Å². The van der Waals surface area contributed by atoms with Crippen LogP contribution in [-0.4, -0.2) is 39.5 Å². The lowest BCUT2D eigenvalue weighted by Crippen LogP contribution is -2.40. The van der Waals surface area contributed by atoms with Gasteiger partial charge in [0.15, 0.2) is 8.32 Å². The zero-order valence-corrected chi connectivity index (χ0v) is 13.1. The topological polar surface area (TPSA) is 38.8 Å². The maximum absolute atomic E-state index is 11.7. The fourth-order valence-electron chi connectivity index (χ4n) is 1.94. The Balaban J connectivity index is 4.33. The van der Waals surface area contributed by atoms with Gasteiger partial charge in [0.25, 0.3) is 0 Å². The molecule has 17 heavy (non-hydrogen) atoms. The summed E-state index contributed by atoms with van der Waals surface area (Å²) in [6.45, 7) is 8.54. The molecule has 0 spiro atoms.